The monoisotopic (exact) mass is 463 g/mol. The predicted molar refractivity (Wildman–Crippen MR) is 125 cm³/mol. The lowest BCUT2D eigenvalue weighted by Crippen LogP contribution is -2.44. The van der Waals surface area contributed by atoms with Gasteiger partial charge in [0.25, 0.3) is 5.89 Å². The topological polar surface area (TPSA) is 142 Å². The highest BCUT2D eigenvalue weighted by atomic mass is 16.5. The number of nitrogens with one attached hydrogen (secondary N) is 2. The first-order valence-corrected chi connectivity index (χ1v) is 11.1. The molecule has 34 heavy (non-hydrogen) atoms. The average Bonchev–Trinajstić information content (AvgIpc) is 3.45. The van der Waals surface area contributed by atoms with Gasteiger partial charge in [-0.1, -0.05) is 11.2 Å². The van der Waals surface area contributed by atoms with Crippen LogP contribution in [0.2, 0.25) is 0 Å². The lowest BCUT2D eigenvalue weighted by atomic mass is 10.1. The third-order valence-corrected chi connectivity index (χ3v) is 5.68. The smallest absolute Gasteiger partial charge is 0.404 e. The summed E-state index contributed by atoms with van der Waals surface area (Å²) < 4.78 is 11.7. The van der Waals surface area contributed by atoms with Crippen molar-refractivity contribution in [2.75, 3.05) is 18.0 Å². The number of H-pyrrole nitrogens is 1. The van der Waals surface area contributed by atoms with Crippen LogP contribution in [0, 0.1) is 0 Å². The molecule has 0 aliphatic carbocycles. The molecule has 0 spiro atoms. The summed E-state index contributed by atoms with van der Waals surface area (Å²) >= 11 is 0. The number of rotatable bonds is 6. The van der Waals surface area contributed by atoms with Crippen molar-refractivity contribution >= 4 is 23.0 Å². The SMILES string of the molecule is CC(C)Oc1cncc(-c2ccc3[nH]cc(-c4nnc(N5CCC(NC(=O)O)CC5)o4)c3c2)n1. The van der Waals surface area contributed by atoms with Crippen molar-refractivity contribution in [3.8, 4) is 28.6 Å². The Balaban J connectivity index is 1.38. The van der Waals surface area contributed by atoms with Crippen molar-refractivity contribution in [1.29, 1.82) is 0 Å². The Labute approximate surface area is 195 Å². The molecule has 1 saturated heterocycles. The summed E-state index contributed by atoms with van der Waals surface area (Å²) in [5, 5.41) is 20.9. The largest absolute Gasteiger partial charge is 0.474 e. The van der Waals surface area contributed by atoms with Gasteiger partial charge in [-0.2, -0.15) is 0 Å². The van der Waals surface area contributed by atoms with E-state index in [1.165, 1.54) is 0 Å². The Morgan fingerprint density at radius 1 is 1.26 bits per heavy atom. The molecule has 3 aromatic heterocycles. The molecule has 0 atom stereocenters. The fraction of sp³-hybridized carbons (Fsp3) is 0.348. The number of benzene rings is 1. The van der Waals surface area contributed by atoms with Crippen LogP contribution in [0.25, 0.3) is 33.6 Å². The second-order valence-electron chi connectivity index (χ2n) is 8.47. The molecule has 4 heterocycles. The van der Waals surface area contributed by atoms with E-state index in [1.807, 2.05) is 43.1 Å². The summed E-state index contributed by atoms with van der Waals surface area (Å²) in [5.74, 6) is 0.887. The van der Waals surface area contributed by atoms with Crippen molar-refractivity contribution in [1.82, 2.24) is 30.5 Å². The summed E-state index contributed by atoms with van der Waals surface area (Å²) in [5.41, 5.74) is 3.32. The van der Waals surface area contributed by atoms with Crippen LogP contribution < -0.4 is 15.0 Å². The summed E-state index contributed by atoms with van der Waals surface area (Å²) in [4.78, 5) is 24.9. The zero-order valence-electron chi connectivity index (χ0n) is 18.9. The van der Waals surface area contributed by atoms with Crippen LogP contribution in [0.3, 0.4) is 0 Å². The van der Waals surface area contributed by atoms with Crippen LogP contribution in [-0.2, 0) is 0 Å². The van der Waals surface area contributed by atoms with Gasteiger partial charge < -0.3 is 29.5 Å². The molecule has 1 aliphatic heterocycles. The van der Waals surface area contributed by atoms with E-state index in [0.29, 0.717) is 49.4 Å². The molecule has 1 amide bonds. The molecule has 4 aromatic rings. The van der Waals surface area contributed by atoms with Gasteiger partial charge in [0, 0.05) is 41.8 Å². The second-order valence-corrected chi connectivity index (χ2v) is 8.47. The highest BCUT2D eigenvalue weighted by Gasteiger charge is 2.24. The predicted octanol–water partition coefficient (Wildman–Crippen LogP) is 3.70. The van der Waals surface area contributed by atoms with Gasteiger partial charge in [0.1, 0.15) is 0 Å². The summed E-state index contributed by atoms with van der Waals surface area (Å²) in [6, 6.07) is 6.33. The summed E-state index contributed by atoms with van der Waals surface area (Å²) in [7, 11) is 0. The van der Waals surface area contributed by atoms with E-state index in [4.69, 9.17) is 14.3 Å². The van der Waals surface area contributed by atoms with Crippen molar-refractivity contribution in [3.05, 3.63) is 36.8 Å². The first-order valence-electron chi connectivity index (χ1n) is 11.1. The molecule has 3 N–H and O–H groups in total. The molecule has 5 rings (SSSR count). The third kappa shape index (κ3) is 4.49. The Morgan fingerprint density at radius 3 is 2.85 bits per heavy atom. The minimum Gasteiger partial charge on any atom is -0.474 e. The van der Waals surface area contributed by atoms with E-state index in [-0.39, 0.29) is 12.1 Å². The third-order valence-electron chi connectivity index (χ3n) is 5.68. The van der Waals surface area contributed by atoms with Crippen LogP contribution in [0.1, 0.15) is 26.7 Å². The number of fused-ring (bicyclic) bond motifs is 1. The second kappa shape index (κ2) is 9.00. The van der Waals surface area contributed by atoms with Crippen molar-refractivity contribution in [2.24, 2.45) is 0 Å². The van der Waals surface area contributed by atoms with E-state index < -0.39 is 6.09 Å². The van der Waals surface area contributed by atoms with Gasteiger partial charge in [-0.15, -0.1) is 5.10 Å². The number of carboxylic acid groups (broad SMARTS) is 1. The van der Waals surface area contributed by atoms with Crippen LogP contribution in [0.4, 0.5) is 10.8 Å². The van der Waals surface area contributed by atoms with Crippen molar-refractivity contribution in [2.45, 2.75) is 38.8 Å². The fourth-order valence-electron chi connectivity index (χ4n) is 4.08. The number of aromatic amines is 1. The molecular weight excluding hydrogens is 438 g/mol. The van der Waals surface area contributed by atoms with Crippen LogP contribution in [0.5, 0.6) is 5.88 Å². The minimum absolute atomic E-state index is 0.00857. The molecule has 176 valence electrons. The zero-order chi connectivity index (χ0) is 23.7. The Hall–Kier alpha value is -4.15. The van der Waals surface area contributed by atoms with Crippen molar-refractivity contribution < 1.29 is 19.1 Å². The number of carbonyl (C=O) groups is 1. The van der Waals surface area contributed by atoms with Gasteiger partial charge in [0.2, 0.25) is 5.88 Å². The summed E-state index contributed by atoms with van der Waals surface area (Å²) in [6.07, 6.45) is 5.52. The van der Waals surface area contributed by atoms with E-state index >= 15 is 0 Å². The van der Waals surface area contributed by atoms with Gasteiger partial charge in [-0.05, 0) is 38.8 Å². The number of ether oxygens (including phenoxy) is 1. The number of amides is 1. The number of anilines is 1. The van der Waals surface area contributed by atoms with E-state index in [9.17, 15) is 4.79 Å². The summed E-state index contributed by atoms with van der Waals surface area (Å²) in [6.45, 7) is 5.16. The Kier molecular flexibility index (Phi) is 5.74. The maximum Gasteiger partial charge on any atom is 0.404 e. The van der Waals surface area contributed by atoms with Crippen LogP contribution >= 0.6 is 0 Å². The van der Waals surface area contributed by atoms with Crippen molar-refractivity contribution in [3.63, 3.8) is 0 Å². The molecular formula is C23H25N7O4. The normalized spacial score (nSPS) is 14.6. The highest BCUT2D eigenvalue weighted by Crippen LogP contribution is 2.33. The molecule has 0 unspecified atom stereocenters. The lowest BCUT2D eigenvalue weighted by Gasteiger charge is -2.30. The molecule has 0 saturated carbocycles. The number of nitrogens with zero attached hydrogens (tertiary/aromatic N) is 5. The van der Waals surface area contributed by atoms with Crippen LogP contribution in [-0.4, -0.2) is 61.6 Å². The van der Waals surface area contributed by atoms with E-state index in [2.05, 4.69) is 30.5 Å². The average molecular weight is 463 g/mol. The first-order chi connectivity index (χ1) is 16.5. The first kappa shape index (κ1) is 21.7. The molecule has 0 bridgehead atoms. The van der Waals surface area contributed by atoms with Gasteiger partial charge in [-0.25, -0.2) is 9.78 Å². The van der Waals surface area contributed by atoms with Gasteiger partial charge in [0.05, 0.1) is 29.8 Å². The minimum atomic E-state index is -0.998. The van der Waals surface area contributed by atoms with Gasteiger partial charge in [0.15, 0.2) is 0 Å². The lowest BCUT2D eigenvalue weighted by molar-refractivity contribution is 0.187. The van der Waals surface area contributed by atoms with E-state index in [0.717, 1.165) is 22.0 Å². The molecule has 1 fully saturated rings. The quantitative estimate of drug-likeness (QED) is 0.390. The van der Waals surface area contributed by atoms with Gasteiger partial charge >= 0.3 is 12.1 Å². The van der Waals surface area contributed by atoms with Crippen LogP contribution in [0.15, 0.2) is 41.2 Å². The molecule has 1 aliphatic rings. The maximum atomic E-state index is 10.9. The molecule has 1 aromatic carbocycles. The number of aromatic nitrogens is 5. The van der Waals surface area contributed by atoms with E-state index in [1.54, 1.807) is 12.4 Å². The fourth-order valence-corrected chi connectivity index (χ4v) is 4.08. The number of hydrogen-bond acceptors (Lipinski definition) is 8. The Morgan fingerprint density at radius 2 is 2.09 bits per heavy atom. The Bertz CT molecular complexity index is 1310. The highest BCUT2D eigenvalue weighted by molar-refractivity contribution is 5.96. The molecule has 0 radical (unpaired) electrons. The standard InChI is InChI=1S/C23H25N7O4/c1-13(2)33-20-12-24-11-19(27-20)14-3-4-18-16(9-14)17(10-25-18)21-28-29-22(34-21)30-7-5-15(6-8-30)26-23(31)32/h3-4,9-13,15,25-26H,5-8H2,1-2H3,(H,31,32). The zero-order valence-corrected chi connectivity index (χ0v) is 18.9. The van der Waals surface area contributed by atoms with Gasteiger partial charge in [-0.3, -0.25) is 4.98 Å². The molecule has 11 nitrogen and oxygen atoms in total. The molecule has 11 heteroatoms. The number of piperidine rings is 1. The maximum absolute atomic E-state index is 10.9. The number of hydrogen-bond donors (Lipinski definition) is 3.